The van der Waals surface area contributed by atoms with Crippen LogP contribution in [0.1, 0.15) is 93.4 Å². The normalized spacial score (nSPS) is 15.3. The third kappa shape index (κ3) is 7.03. The lowest BCUT2D eigenvalue weighted by Crippen LogP contribution is -2.36. The van der Waals surface area contributed by atoms with Crippen molar-refractivity contribution < 1.29 is 9.53 Å². The molecule has 2 N–H and O–H groups in total. The van der Waals surface area contributed by atoms with Gasteiger partial charge in [0.25, 0.3) is 0 Å². The van der Waals surface area contributed by atoms with Crippen LogP contribution < -0.4 is 10.6 Å². The van der Waals surface area contributed by atoms with Gasteiger partial charge >= 0.3 is 5.97 Å². The van der Waals surface area contributed by atoms with Gasteiger partial charge in [0, 0.05) is 10.9 Å². The highest BCUT2D eigenvalue weighted by atomic mass is 32.1. The first-order valence-corrected chi connectivity index (χ1v) is 12.0. The van der Waals surface area contributed by atoms with Crippen LogP contribution in [0.3, 0.4) is 0 Å². The van der Waals surface area contributed by atoms with Gasteiger partial charge in [-0.3, -0.25) is 0 Å². The zero-order valence-electron chi connectivity index (χ0n) is 17.9. The number of hydrogen-bond donors (Lipinski definition) is 2. The van der Waals surface area contributed by atoms with E-state index in [4.69, 9.17) is 17.0 Å². The second-order valence-corrected chi connectivity index (χ2v) is 9.68. The van der Waals surface area contributed by atoms with Crippen molar-refractivity contribution in [2.75, 3.05) is 11.9 Å². The van der Waals surface area contributed by atoms with Crippen LogP contribution in [0.2, 0.25) is 0 Å². The van der Waals surface area contributed by atoms with E-state index in [0.717, 1.165) is 36.6 Å². The number of ether oxygens (including phenoxy) is 1. The van der Waals surface area contributed by atoms with Crippen molar-refractivity contribution in [3.05, 3.63) is 16.0 Å². The largest absolute Gasteiger partial charge is 0.462 e. The molecule has 1 aromatic rings. The van der Waals surface area contributed by atoms with Crippen molar-refractivity contribution in [3.8, 4) is 0 Å². The molecule has 0 spiro atoms. The highest BCUT2D eigenvalue weighted by molar-refractivity contribution is 7.80. The summed E-state index contributed by atoms with van der Waals surface area (Å²) in [5, 5.41) is 8.14. The van der Waals surface area contributed by atoms with Crippen molar-refractivity contribution in [1.29, 1.82) is 0 Å². The first-order valence-electron chi connectivity index (χ1n) is 10.8. The molecule has 0 radical (unpaired) electrons. The van der Waals surface area contributed by atoms with E-state index in [2.05, 4.69) is 31.4 Å². The molecule has 1 unspecified atom stereocenters. The van der Waals surface area contributed by atoms with Crippen LogP contribution in [0, 0.1) is 5.92 Å². The summed E-state index contributed by atoms with van der Waals surface area (Å²) in [6.07, 6.45) is 10.3. The number of carbonyl (C=O) groups excluding carboxylic acids is 1. The average molecular weight is 425 g/mol. The number of hydrogen-bond acceptors (Lipinski definition) is 4. The maximum absolute atomic E-state index is 12.7. The SMILES string of the molecule is CCOC(=O)c1c(NC(=S)NC(C)CCCC(C)C)sc2c1CCCCCC2. The minimum absolute atomic E-state index is 0.226. The summed E-state index contributed by atoms with van der Waals surface area (Å²) in [5.74, 6) is 0.505. The Hall–Kier alpha value is -1.14. The van der Waals surface area contributed by atoms with Gasteiger partial charge in [0.15, 0.2) is 5.11 Å². The van der Waals surface area contributed by atoms with Crippen molar-refractivity contribution in [1.82, 2.24) is 5.32 Å². The molecule has 0 bridgehead atoms. The molecule has 0 saturated heterocycles. The Morgan fingerprint density at radius 3 is 2.54 bits per heavy atom. The lowest BCUT2D eigenvalue weighted by molar-refractivity contribution is 0.0526. The molecule has 0 amide bonds. The molecule has 0 saturated carbocycles. The second kappa shape index (κ2) is 11.8. The number of fused-ring (bicyclic) bond motifs is 1. The van der Waals surface area contributed by atoms with Crippen molar-refractivity contribution in [2.45, 2.75) is 91.5 Å². The zero-order chi connectivity index (χ0) is 20.5. The Balaban J connectivity index is 2.09. The molecule has 0 aromatic carbocycles. The minimum Gasteiger partial charge on any atom is -0.462 e. The lowest BCUT2D eigenvalue weighted by Gasteiger charge is -2.17. The number of anilines is 1. The van der Waals surface area contributed by atoms with E-state index < -0.39 is 0 Å². The van der Waals surface area contributed by atoms with E-state index in [0.29, 0.717) is 23.3 Å². The smallest absolute Gasteiger partial charge is 0.341 e. The fourth-order valence-electron chi connectivity index (χ4n) is 3.69. The highest BCUT2D eigenvalue weighted by Crippen LogP contribution is 2.37. The number of esters is 1. The van der Waals surface area contributed by atoms with Gasteiger partial charge in [-0.05, 0) is 69.7 Å². The van der Waals surface area contributed by atoms with E-state index >= 15 is 0 Å². The van der Waals surface area contributed by atoms with Crippen LogP contribution in [-0.4, -0.2) is 23.7 Å². The molecule has 0 fully saturated rings. The van der Waals surface area contributed by atoms with Gasteiger partial charge in [0.05, 0.1) is 12.2 Å². The average Bonchev–Trinajstić information content (AvgIpc) is 2.90. The molecular weight excluding hydrogens is 388 g/mol. The first kappa shape index (κ1) is 23.1. The quantitative estimate of drug-likeness (QED) is 0.391. The predicted molar refractivity (Wildman–Crippen MR) is 124 cm³/mol. The van der Waals surface area contributed by atoms with Crippen LogP contribution in [0.5, 0.6) is 0 Å². The summed E-state index contributed by atoms with van der Waals surface area (Å²) in [6.45, 7) is 8.91. The number of rotatable bonds is 8. The van der Waals surface area contributed by atoms with Crippen molar-refractivity contribution >= 4 is 39.6 Å². The third-order valence-corrected chi connectivity index (χ3v) is 6.60. The molecular formula is C22H36N2O2S2. The Morgan fingerprint density at radius 1 is 1.14 bits per heavy atom. The highest BCUT2D eigenvalue weighted by Gasteiger charge is 2.25. The maximum atomic E-state index is 12.7. The molecule has 1 aliphatic carbocycles. The minimum atomic E-state index is -0.226. The van der Waals surface area contributed by atoms with Crippen LogP contribution in [0.15, 0.2) is 0 Å². The third-order valence-electron chi connectivity index (χ3n) is 5.17. The fraction of sp³-hybridized carbons (Fsp3) is 0.727. The number of thiophene rings is 1. The summed E-state index contributed by atoms with van der Waals surface area (Å²) in [5.41, 5.74) is 1.89. The number of aryl methyl sites for hydroxylation is 1. The van der Waals surface area contributed by atoms with Gasteiger partial charge in [0.1, 0.15) is 5.00 Å². The summed E-state index contributed by atoms with van der Waals surface area (Å²) >= 11 is 7.23. The topological polar surface area (TPSA) is 50.4 Å². The molecule has 2 rings (SSSR count). The maximum Gasteiger partial charge on any atom is 0.341 e. The second-order valence-electron chi connectivity index (χ2n) is 8.17. The van der Waals surface area contributed by atoms with E-state index in [1.165, 1.54) is 42.5 Å². The van der Waals surface area contributed by atoms with Gasteiger partial charge < -0.3 is 15.4 Å². The lowest BCUT2D eigenvalue weighted by atomic mass is 9.96. The fourth-order valence-corrected chi connectivity index (χ4v) is 5.34. The predicted octanol–water partition coefficient (Wildman–Crippen LogP) is 6.09. The van der Waals surface area contributed by atoms with Gasteiger partial charge in [-0.1, -0.05) is 39.5 Å². The van der Waals surface area contributed by atoms with Crippen LogP contribution in [0.4, 0.5) is 5.00 Å². The summed E-state index contributed by atoms with van der Waals surface area (Å²) in [7, 11) is 0. The summed E-state index contributed by atoms with van der Waals surface area (Å²) in [6, 6.07) is 0.311. The van der Waals surface area contributed by atoms with Gasteiger partial charge in [0.2, 0.25) is 0 Å². The monoisotopic (exact) mass is 424 g/mol. The molecule has 1 atom stereocenters. The number of nitrogens with one attached hydrogen (secondary N) is 2. The Bertz CT molecular complexity index is 655. The molecule has 28 heavy (non-hydrogen) atoms. The van der Waals surface area contributed by atoms with Crippen molar-refractivity contribution in [2.24, 2.45) is 5.92 Å². The van der Waals surface area contributed by atoms with Crippen LogP contribution in [-0.2, 0) is 17.6 Å². The Kier molecular flexibility index (Phi) is 9.72. The molecule has 1 aliphatic rings. The van der Waals surface area contributed by atoms with E-state index in [-0.39, 0.29) is 5.97 Å². The van der Waals surface area contributed by atoms with Gasteiger partial charge in [-0.2, -0.15) is 0 Å². The number of carbonyl (C=O) groups is 1. The van der Waals surface area contributed by atoms with Crippen LogP contribution in [0.25, 0.3) is 0 Å². The molecule has 0 aliphatic heterocycles. The van der Waals surface area contributed by atoms with Gasteiger partial charge in [-0.25, -0.2) is 4.79 Å². The number of thiocarbonyl (C=S) groups is 1. The molecule has 1 aromatic heterocycles. The Labute approximate surface area is 179 Å². The van der Waals surface area contributed by atoms with Gasteiger partial charge in [-0.15, -0.1) is 11.3 Å². The standard InChI is InChI=1S/C22H36N2O2S2/c1-5-26-21(25)19-17-13-8-6-7-9-14-18(17)28-20(19)24-22(27)23-16(4)12-10-11-15(2)3/h15-16H,5-14H2,1-4H3,(H2,23,24,27). The van der Waals surface area contributed by atoms with E-state index in [9.17, 15) is 4.79 Å². The zero-order valence-corrected chi connectivity index (χ0v) is 19.5. The Morgan fingerprint density at radius 2 is 1.86 bits per heavy atom. The molecule has 4 nitrogen and oxygen atoms in total. The summed E-state index contributed by atoms with van der Waals surface area (Å²) in [4.78, 5) is 14.0. The molecule has 6 heteroatoms. The molecule has 1 heterocycles. The van der Waals surface area contributed by atoms with Crippen molar-refractivity contribution in [3.63, 3.8) is 0 Å². The molecule has 158 valence electrons. The first-order chi connectivity index (χ1) is 13.4. The van der Waals surface area contributed by atoms with E-state index in [1.807, 2.05) is 6.92 Å². The van der Waals surface area contributed by atoms with Crippen LogP contribution >= 0.6 is 23.6 Å². The van der Waals surface area contributed by atoms with E-state index in [1.54, 1.807) is 11.3 Å². The summed E-state index contributed by atoms with van der Waals surface area (Å²) < 4.78 is 5.37.